The molecule has 10 atom stereocenters. The maximum Gasteiger partial charge on any atom is 0.332 e. The van der Waals surface area contributed by atoms with E-state index in [0.29, 0.717) is 46.7 Å². The molecule has 0 spiro atoms. The average molecular weight is 587 g/mol. The van der Waals surface area contributed by atoms with Crippen LogP contribution in [0.1, 0.15) is 85.0 Å². The molecule has 3 N–H and O–H groups in total. The number of nitrogens with zero attached hydrogens (tertiary/aromatic N) is 4. The Morgan fingerprint density at radius 1 is 1.02 bits per heavy atom. The van der Waals surface area contributed by atoms with Gasteiger partial charge < -0.3 is 19.9 Å². The largest absolute Gasteiger partial charge is 0.481 e. The van der Waals surface area contributed by atoms with Crippen molar-refractivity contribution in [2.75, 3.05) is 0 Å². The second-order valence-electron chi connectivity index (χ2n) is 14.5. The van der Waals surface area contributed by atoms with Crippen molar-refractivity contribution < 1.29 is 20.1 Å². The van der Waals surface area contributed by atoms with E-state index >= 15 is 0 Å². The van der Waals surface area contributed by atoms with Gasteiger partial charge in [0.05, 0.1) is 18.5 Å². The van der Waals surface area contributed by atoms with E-state index in [1.54, 1.807) is 18.7 Å². The number of carboxylic acids is 1. The fourth-order valence-corrected chi connectivity index (χ4v) is 10.2. The maximum absolute atomic E-state index is 11.7. The van der Waals surface area contributed by atoms with Gasteiger partial charge in [-0.2, -0.15) is 0 Å². The zero-order chi connectivity index (χ0) is 30.7. The highest BCUT2D eigenvalue weighted by molar-refractivity contribution is 5.69. The maximum atomic E-state index is 11.7. The second-order valence-corrected chi connectivity index (χ2v) is 14.5. The van der Waals surface area contributed by atoms with E-state index in [1.807, 2.05) is 0 Å². The van der Waals surface area contributed by atoms with E-state index < -0.39 is 5.97 Å². The quantitative estimate of drug-likeness (QED) is 0.499. The number of rotatable bonds is 4. The molecule has 10 heteroatoms. The number of fused-ring (bicyclic) bond motifs is 6. The summed E-state index contributed by atoms with van der Waals surface area (Å²) < 4.78 is 4.04. The lowest BCUT2D eigenvalue weighted by molar-refractivity contribution is -0.175. The molecule has 2 aromatic heterocycles. The van der Waals surface area contributed by atoms with Crippen LogP contribution in [-0.4, -0.2) is 52.2 Å². The van der Waals surface area contributed by atoms with Crippen LogP contribution < -0.4 is 11.2 Å². The topological polar surface area (TPSA) is 140 Å². The fraction of sp³-hybridized carbons (Fsp3) is 0.812. The van der Waals surface area contributed by atoms with Gasteiger partial charge in [0, 0.05) is 27.6 Å². The average Bonchev–Trinajstić information content (AvgIpc) is 3.51. The standard InChI is InChI=1S/C24H40O4.C8H10N4O2/c1-14(4-9-22(27)28)18-7-8-19-17-6-5-15-12-16(25)10-11-23(15,2)20(17)13-21(26)24(18,19)3;1-10-4-9-6-5(10)7(13)12(3)8(14)11(6)2/h14-21,25-26H,4-13H2,1-3H3,(H,27,28);4H,1-3H3/t14-,15-,16-,17+,18-,19+,20+,21+,23+,24-;/m1./s1. The Balaban J connectivity index is 0.000000211. The number of carboxylic acid groups (broad SMARTS) is 1. The van der Waals surface area contributed by atoms with Gasteiger partial charge in [-0.1, -0.05) is 20.8 Å². The van der Waals surface area contributed by atoms with Crippen LogP contribution >= 0.6 is 0 Å². The Morgan fingerprint density at radius 3 is 2.43 bits per heavy atom. The van der Waals surface area contributed by atoms with E-state index in [2.05, 4.69) is 25.8 Å². The molecule has 234 valence electrons. The molecular weight excluding hydrogens is 536 g/mol. The van der Waals surface area contributed by atoms with Crippen molar-refractivity contribution in [3.05, 3.63) is 27.2 Å². The van der Waals surface area contributed by atoms with Crippen LogP contribution in [0.15, 0.2) is 15.9 Å². The van der Waals surface area contributed by atoms with E-state index in [-0.39, 0.29) is 40.7 Å². The first-order valence-electron chi connectivity index (χ1n) is 15.9. The van der Waals surface area contributed by atoms with Gasteiger partial charge in [0.1, 0.15) is 0 Å². The zero-order valence-corrected chi connectivity index (χ0v) is 26.1. The highest BCUT2D eigenvalue weighted by Crippen LogP contribution is 2.68. The zero-order valence-electron chi connectivity index (χ0n) is 26.1. The molecule has 2 heterocycles. The molecule has 4 saturated carbocycles. The molecule has 0 amide bonds. The monoisotopic (exact) mass is 586 g/mol. The Labute approximate surface area is 247 Å². The fourth-order valence-electron chi connectivity index (χ4n) is 10.2. The first kappa shape index (κ1) is 31.0. The van der Waals surface area contributed by atoms with Crippen molar-refractivity contribution in [3.8, 4) is 0 Å². The van der Waals surface area contributed by atoms with Gasteiger partial charge >= 0.3 is 11.7 Å². The summed E-state index contributed by atoms with van der Waals surface area (Å²) in [4.78, 5) is 38.2. The van der Waals surface area contributed by atoms with Gasteiger partial charge in [-0.05, 0) is 104 Å². The number of imidazole rings is 1. The van der Waals surface area contributed by atoms with E-state index in [1.165, 1.54) is 37.2 Å². The molecular formula is C32H50N4O6. The number of aryl methyl sites for hydroxylation is 2. The number of aromatic nitrogens is 4. The Morgan fingerprint density at radius 2 is 1.74 bits per heavy atom. The van der Waals surface area contributed by atoms with E-state index in [4.69, 9.17) is 5.11 Å². The van der Waals surface area contributed by atoms with Crippen LogP contribution in [0.25, 0.3) is 11.2 Å². The summed E-state index contributed by atoms with van der Waals surface area (Å²) in [5.74, 6) is 2.55. The molecule has 4 aliphatic carbocycles. The van der Waals surface area contributed by atoms with Gasteiger partial charge in [0.2, 0.25) is 0 Å². The molecule has 4 aliphatic rings. The molecule has 0 aromatic carbocycles. The van der Waals surface area contributed by atoms with Gasteiger partial charge in [0.15, 0.2) is 11.2 Å². The molecule has 0 aliphatic heterocycles. The predicted molar refractivity (Wildman–Crippen MR) is 160 cm³/mol. The van der Waals surface area contributed by atoms with Gasteiger partial charge in [-0.15, -0.1) is 0 Å². The first-order valence-corrected chi connectivity index (χ1v) is 15.9. The molecule has 0 bridgehead atoms. The Hall–Kier alpha value is -2.46. The molecule has 0 saturated heterocycles. The molecule has 4 fully saturated rings. The molecule has 2 aromatic rings. The van der Waals surface area contributed by atoms with E-state index in [9.17, 15) is 24.6 Å². The van der Waals surface area contributed by atoms with E-state index in [0.717, 1.165) is 43.1 Å². The minimum Gasteiger partial charge on any atom is -0.481 e. The third-order valence-electron chi connectivity index (χ3n) is 12.6. The summed E-state index contributed by atoms with van der Waals surface area (Å²) in [6.07, 6.45) is 10.8. The van der Waals surface area contributed by atoms with Crippen molar-refractivity contribution in [1.82, 2.24) is 18.7 Å². The second kappa shape index (κ2) is 11.2. The molecule has 6 rings (SSSR count). The normalized spacial score (nSPS) is 38.1. The number of hydrogen-bond acceptors (Lipinski definition) is 6. The summed E-state index contributed by atoms with van der Waals surface area (Å²) in [7, 11) is 4.77. The van der Waals surface area contributed by atoms with Crippen molar-refractivity contribution >= 4 is 17.1 Å². The highest BCUT2D eigenvalue weighted by Gasteiger charge is 2.63. The number of aliphatic carboxylic acids is 1. The Bertz CT molecular complexity index is 1440. The predicted octanol–water partition coefficient (Wildman–Crippen LogP) is 3.45. The number of aliphatic hydroxyl groups excluding tert-OH is 2. The van der Waals surface area contributed by atoms with Gasteiger partial charge in [0.25, 0.3) is 5.56 Å². The Kier molecular flexibility index (Phi) is 8.28. The summed E-state index contributed by atoms with van der Waals surface area (Å²) in [6.45, 7) is 6.99. The van der Waals surface area contributed by atoms with Crippen molar-refractivity contribution in [1.29, 1.82) is 0 Å². The number of aliphatic hydroxyl groups is 2. The van der Waals surface area contributed by atoms with Crippen LogP contribution in [0.5, 0.6) is 0 Å². The number of carbonyl (C=O) groups is 1. The first-order chi connectivity index (χ1) is 19.7. The minimum absolute atomic E-state index is 0.0591. The highest BCUT2D eigenvalue weighted by atomic mass is 16.4. The summed E-state index contributed by atoms with van der Waals surface area (Å²) in [6, 6.07) is 0. The van der Waals surface area contributed by atoms with Crippen LogP contribution in [0, 0.1) is 46.3 Å². The summed E-state index contributed by atoms with van der Waals surface area (Å²) in [5.41, 5.74) is 0.396. The molecule has 42 heavy (non-hydrogen) atoms. The van der Waals surface area contributed by atoms with Gasteiger partial charge in [-0.3, -0.25) is 18.7 Å². The summed E-state index contributed by atoms with van der Waals surface area (Å²) in [5, 5.41) is 30.8. The lowest BCUT2D eigenvalue weighted by Crippen LogP contribution is -2.58. The van der Waals surface area contributed by atoms with Gasteiger partial charge in [-0.25, -0.2) is 9.78 Å². The van der Waals surface area contributed by atoms with Crippen LogP contribution in [0.3, 0.4) is 0 Å². The van der Waals surface area contributed by atoms with Crippen LogP contribution in [-0.2, 0) is 25.9 Å². The SMILES string of the molecule is C[C@H](CCC(=O)O)[C@H]1CC[C@H]2[C@@H]3CC[C@@H]4C[C@H](O)CC[C@]4(C)[C@H]3C[C@H](O)[C@]12C.Cn1c(=O)c2c(ncn2C)n(C)c1=O. The molecule has 0 radical (unpaired) electrons. The summed E-state index contributed by atoms with van der Waals surface area (Å²) >= 11 is 0. The molecule has 10 nitrogen and oxygen atoms in total. The minimum atomic E-state index is -0.707. The number of hydrogen-bond donors (Lipinski definition) is 3. The smallest absolute Gasteiger partial charge is 0.332 e. The van der Waals surface area contributed by atoms with Crippen LogP contribution in [0.2, 0.25) is 0 Å². The van der Waals surface area contributed by atoms with Crippen LogP contribution in [0.4, 0.5) is 0 Å². The van der Waals surface area contributed by atoms with Crippen molar-refractivity contribution in [3.63, 3.8) is 0 Å². The van der Waals surface area contributed by atoms with Crippen molar-refractivity contribution in [2.24, 2.45) is 67.5 Å². The lowest BCUT2D eigenvalue weighted by atomic mass is 9.43. The third-order valence-corrected chi connectivity index (χ3v) is 12.6. The third kappa shape index (κ3) is 4.86. The molecule has 0 unspecified atom stereocenters. The van der Waals surface area contributed by atoms with Crippen molar-refractivity contribution in [2.45, 2.75) is 97.2 Å². The lowest BCUT2D eigenvalue weighted by Gasteiger charge is -2.62.